The molecule has 0 aliphatic carbocycles. The fourth-order valence-corrected chi connectivity index (χ4v) is 1.42. The van der Waals surface area contributed by atoms with E-state index in [0.29, 0.717) is 5.56 Å². The fourth-order valence-electron chi connectivity index (χ4n) is 1.42. The first-order valence-electron chi connectivity index (χ1n) is 4.35. The first kappa shape index (κ1) is 11.1. The van der Waals surface area contributed by atoms with Crippen molar-refractivity contribution in [1.82, 2.24) is 10.2 Å². The molecule has 0 saturated heterocycles. The van der Waals surface area contributed by atoms with E-state index in [4.69, 9.17) is 0 Å². The number of benzene rings is 1. The minimum atomic E-state index is -0.427. The molecule has 1 rings (SSSR count). The molecular formula is C10H14F2N2. The topological polar surface area (TPSA) is 15.3 Å². The SMILES string of the molecule is CNC(c1cc(F)ccc1F)N(C)C. The Labute approximate surface area is 82.5 Å². The third-order valence-electron chi connectivity index (χ3n) is 2.04. The van der Waals surface area contributed by atoms with E-state index in [-0.39, 0.29) is 6.17 Å². The van der Waals surface area contributed by atoms with Gasteiger partial charge in [-0.25, -0.2) is 8.78 Å². The van der Waals surface area contributed by atoms with Crippen molar-refractivity contribution in [3.05, 3.63) is 35.4 Å². The van der Waals surface area contributed by atoms with Crippen molar-refractivity contribution in [1.29, 1.82) is 0 Å². The van der Waals surface area contributed by atoms with E-state index in [2.05, 4.69) is 5.32 Å². The van der Waals surface area contributed by atoms with E-state index in [9.17, 15) is 8.78 Å². The van der Waals surface area contributed by atoms with Gasteiger partial charge in [0.2, 0.25) is 0 Å². The van der Waals surface area contributed by atoms with E-state index >= 15 is 0 Å². The molecule has 78 valence electrons. The van der Waals surface area contributed by atoms with Gasteiger partial charge in [-0.05, 0) is 39.3 Å². The van der Waals surface area contributed by atoms with Crippen LogP contribution in [0.5, 0.6) is 0 Å². The summed E-state index contributed by atoms with van der Waals surface area (Å²) in [5.41, 5.74) is 0.317. The highest BCUT2D eigenvalue weighted by molar-refractivity contribution is 5.21. The van der Waals surface area contributed by atoms with Crippen LogP contribution in [0.3, 0.4) is 0 Å². The number of nitrogens with zero attached hydrogens (tertiary/aromatic N) is 1. The van der Waals surface area contributed by atoms with Crippen molar-refractivity contribution in [3.8, 4) is 0 Å². The summed E-state index contributed by atoms with van der Waals surface area (Å²) in [7, 11) is 5.30. The maximum atomic E-state index is 13.3. The highest BCUT2D eigenvalue weighted by atomic mass is 19.1. The fraction of sp³-hybridized carbons (Fsp3) is 0.400. The van der Waals surface area contributed by atoms with Crippen molar-refractivity contribution < 1.29 is 8.78 Å². The molecule has 0 radical (unpaired) electrons. The zero-order chi connectivity index (χ0) is 10.7. The van der Waals surface area contributed by atoms with Crippen LogP contribution < -0.4 is 5.32 Å². The number of hydrogen-bond donors (Lipinski definition) is 1. The summed E-state index contributed by atoms with van der Waals surface area (Å²) in [5, 5.41) is 2.91. The molecule has 0 aliphatic heterocycles. The van der Waals surface area contributed by atoms with Gasteiger partial charge >= 0.3 is 0 Å². The van der Waals surface area contributed by atoms with Crippen molar-refractivity contribution in [3.63, 3.8) is 0 Å². The van der Waals surface area contributed by atoms with Crippen LogP contribution in [0.15, 0.2) is 18.2 Å². The molecule has 0 heterocycles. The summed E-state index contributed by atoms with van der Waals surface area (Å²) in [6.07, 6.45) is -0.314. The third-order valence-corrected chi connectivity index (χ3v) is 2.04. The normalized spacial score (nSPS) is 13.3. The Kier molecular flexibility index (Phi) is 3.55. The zero-order valence-electron chi connectivity index (χ0n) is 8.51. The van der Waals surface area contributed by atoms with Crippen LogP contribution in [0.25, 0.3) is 0 Å². The van der Waals surface area contributed by atoms with Gasteiger partial charge in [0.25, 0.3) is 0 Å². The van der Waals surface area contributed by atoms with Gasteiger partial charge in [0.05, 0.1) is 6.17 Å². The quantitative estimate of drug-likeness (QED) is 0.748. The van der Waals surface area contributed by atoms with Crippen LogP contribution >= 0.6 is 0 Å². The van der Waals surface area contributed by atoms with Crippen LogP contribution in [0.2, 0.25) is 0 Å². The highest BCUT2D eigenvalue weighted by Crippen LogP contribution is 2.19. The highest BCUT2D eigenvalue weighted by Gasteiger charge is 2.16. The second-order valence-electron chi connectivity index (χ2n) is 3.32. The largest absolute Gasteiger partial charge is 0.301 e. The molecular weight excluding hydrogens is 186 g/mol. The second kappa shape index (κ2) is 4.48. The van der Waals surface area contributed by atoms with Gasteiger partial charge in [0, 0.05) is 5.56 Å². The summed E-state index contributed by atoms with van der Waals surface area (Å²) in [6, 6.07) is 3.45. The molecule has 1 aromatic carbocycles. The van der Waals surface area contributed by atoms with E-state index in [1.54, 1.807) is 26.0 Å². The average molecular weight is 200 g/mol. The van der Waals surface area contributed by atoms with Crippen LogP contribution in [-0.2, 0) is 0 Å². The molecule has 0 aliphatic rings. The van der Waals surface area contributed by atoms with Gasteiger partial charge in [-0.15, -0.1) is 0 Å². The Morgan fingerprint density at radius 1 is 1.29 bits per heavy atom. The minimum absolute atomic E-state index is 0.314. The molecule has 0 fully saturated rings. The molecule has 1 aromatic rings. The van der Waals surface area contributed by atoms with Gasteiger partial charge in [0.1, 0.15) is 11.6 Å². The summed E-state index contributed by atoms with van der Waals surface area (Å²) < 4.78 is 26.2. The molecule has 1 N–H and O–H groups in total. The molecule has 0 saturated carbocycles. The van der Waals surface area contributed by atoms with Crippen molar-refractivity contribution in [2.75, 3.05) is 21.1 Å². The molecule has 14 heavy (non-hydrogen) atoms. The Bertz CT molecular complexity index is 313. The summed E-state index contributed by atoms with van der Waals surface area (Å²) in [5.74, 6) is -0.831. The Balaban J connectivity index is 3.08. The van der Waals surface area contributed by atoms with Crippen molar-refractivity contribution >= 4 is 0 Å². The van der Waals surface area contributed by atoms with Gasteiger partial charge in [-0.1, -0.05) is 0 Å². The summed E-state index contributed by atoms with van der Waals surface area (Å²) in [6.45, 7) is 0. The predicted molar refractivity (Wildman–Crippen MR) is 51.8 cm³/mol. The number of halogens is 2. The lowest BCUT2D eigenvalue weighted by Gasteiger charge is -2.24. The molecule has 0 aromatic heterocycles. The molecule has 2 nitrogen and oxygen atoms in total. The molecule has 1 atom stereocenters. The van der Waals surface area contributed by atoms with Crippen molar-refractivity contribution in [2.24, 2.45) is 0 Å². The first-order chi connectivity index (χ1) is 6.56. The van der Waals surface area contributed by atoms with E-state index in [1.165, 1.54) is 6.07 Å². The van der Waals surface area contributed by atoms with Gasteiger partial charge in [-0.2, -0.15) is 0 Å². The van der Waals surface area contributed by atoms with E-state index < -0.39 is 11.6 Å². The first-order valence-corrected chi connectivity index (χ1v) is 4.35. The Morgan fingerprint density at radius 2 is 1.93 bits per heavy atom. The molecule has 0 spiro atoms. The predicted octanol–water partition coefficient (Wildman–Crippen LogP) is 1.74. The van der Waals surface area contributed by atoms with Crippen molar-refractivity contribution in [2.45, 2.75) is 6.17 Å². The Morgan fingerprint density at radius 3 is 2.43 bits per heavy atom. The van der Waals surface area contributed by atoms with E-state index in [1.807, 2.05) is 0 Å². The van der Waals surface area contributed by atoms with Gasteiger partial charge in [0.15, 0.2) is 0 Å². The maximum Gasteiger partial charge on any atom is 0.129 e. The smallest absolute Gasteiger partial charge is 0.129 e. The number of nitrogens with one attached hydrogen (secondary N) is 1. The lowest BCUT2D eigenvalue weighted by Crippen LogP contribution is -2.31. The summed E-state index contributed by atoms with van der Waals surface area (Å²) >= 11 is 0. The Hall–Kier alpha value is -1.00. The monoisotopic (exact) mass is 200 g/mol. The van der Waals surface area contributed by atoms with Gasteiger partial charge in [-0.3, -0.25) is 4.90 Å². The van der Waals surface area contributed by atoms with E-state index in [0.717, 1.165) is 12.1 Å². The lowest BCUT2D eigenvalue weighted by atomic mass is 10.1. The van der Waals surface area contributed by atoms with Crippen LogP contribution in [0.4, 0.5) is 8.78 Å². The van der Waals surface area contributed by atoms with Crippen LogP contribution in [-0.4, -0.2) is 26.0 Å². The third kappa shape index (κ3) is 2.27. The number of rotatable bonds is 3. The molecule has 1 unspecified atom stereocenters. The molecule has 4 heteroatoms. The number of hydrogen-bond acceptors (Lipinski definition) is 2. The molecule has 0 bridgehead atoms. The maximum absolute atomic E-state index is 13.3. The molecule has 0 amide bonds. The minimum Gasteiger partial charge on any atom is -0.301 e. The van der Waals surface area contributed by atoms with Crippen LogP contribution in [0.1, 0.15) is 11.7 Å². The zero-order valence-corrected chi connectivity index (χ0v) is 8.51. The lowest BCUT2D eigenvalue weighted by molar-refractivity contribution is 0.257. The standard InChI is InChI=1S/C10H14F2N2/c1-13-10(14(2)3)8-6-7(11)4-5-9(8)12/h4-6,10,13H,1-3H3. The summed E-state index contributed by atoms with van der Waals surface area (Å²) in [4.78, 5) is 1.78. The van der Waals surface area contributed by atoms with Crippen LogP contribution in [0, 0.1) is 11.6 Å². The average Bonchev–Trinajstić information content (AvgIpc) is 2.11. The van der Waals surface area contributed by atoms with Gasteiger partial charge < -0.3 is 5.32 Å². The second-order valence-corrected chi connectivity index (χ2v) is 3.32.